The smallest absolute Gasteiger partial charge is 0.417 e. The number of benzene rings is 3. The number of hydrogen-bond donors (Lipinski definition) is 2. The van der Waals surface area contributed by atoms with Crippen LogP contribution in [0.3, 0.4) is 0 Å². The number of carboxylic acid groups (broad SMARTS) is 1. The highest BCUT2D eigenvalue weighted by Gasteiger charge is 2.52. The van der Waals surface area contributed by atoms with E-state index in [2.05, 4.69) is 5.32 Å². The Kier molecular flexibility index (Phi) is 7.41. The van der Waals surface area contributed by atoms with Crippen LogP contribution in [-0.4, -0.2) is 33.5 Å². The summed E-state index contributed by atoms with van der Waals surface area (Å²) in [6.45, 7) is 2.30. The lowest BCUT2D eigenvalue weighted by Gasteiger charge is -2.29. The lowest BCUT2D eigenvalue weighted by molar-refractivity contribution is -0.138. The van der Waals surface area contributed by atoms with E-state index in [1.54, 1.807) is 0 Å². The molecular weight excluding hydrogens is 570 g/mol. The van der Waals surface area contributed by atoms with Gasteiger partial charge in [0.25, 0.3) is 5.91 Å². The maximum atomic E-state index is 13.6. The molecule has 3 aromatic carbocycles. The van der Waals surface area contributed by atoms with Gasteiger partial charge < -0.3 is 15.3 Å². The van der Waals surface area contributed by atoms with Gasteiger partial charge in [0.2, 0.25) is 0 Å². The monoisotopic (exact) mass is 590 g/mol. The molecule has 218 valence electrons. The molecule has 0 spiro atoms. The van der Waals surface area contributed by atoms with Crippen molar-refractivity contribution in [2.24, 2.45) is 0 Å². The maximum Gasteiger partial charge on any atom is 0.417 e. The molecule has 1 fully saturated rings. The van der Waals surface area contributed by atoms with E-state index in [0.29, 0.717) is 11.0 Å². The summed E-state index contributed by atoms with van der Waals surface area (Å²) in [7, 11) is 0. The Morgan fingerprint density at radius 2 is 1.60 bits per heavy atom. The summed E-state index contributed by atoms with van der Waals surface area (Å²) >= 11 is 0. The molecular formula is C28H20F6N4O4. The van der Waals surface area contributed by atoms with Crippen LogP contribution in [0.25, 0.3) is 0 Å². The third kappa shape index (κ3) is 5.58. The van der Waals surface area contributed by atoms with Crippen LogP contribution < -0.4 is 10.2 Å². The molecule has 1 aliphatic rings. The molecule has 0 bridgehead atoms. The third-order valence-corrected chi connectivity index (χ3v) is 6.68. The number of carbonyl (C=O) groups excluding carboxylic acids is 2. The first-order chi connectivity index (χ1) is 19.4. The molecule has 4 rings (SSSR count). The summed E-state index contributed by atoms with van der Waals surface area (Å²) in [6, 6.07) is 10.5. The van der Waals surface area contributed by atoms with Crippen LogP contribution >= 0.6 is 0 Å². The van der Waals surface area contributed by atoms with Gasteiger partial charge in [-0.05, 0) is 80.1 Å². The molecule has 0 unspecified atom stereocenters. The SMILES string of the molecule is CC1(C)C(=O)N(c2ccc(C#N)c(C(F)(F)F)c2)C(=O)N1Cc1cc(C(=O)O)ccc1Nc1ccc(C(F)(F)F)cc1. The number of anilines is 3. The Bertz CT molecular complexity index is 1630. The minimum absolute atomic E-state index is 0.154. The highest BCUT2D eigenvalue weighted by atomic mass is 19.4. The van der Waals surface area contributed by atoms with Crippen molar-refractivity contribution < 1.29 is 45.8 Å². The van der Waals surface area contributed by atoms with Crippen molar-refractivity contribution in [2.75, 3.05) is 10.2 Å². The molecule has 42 heavy (non-hydrogen) atoms. The van der Waals surface area contributed by atoms with Crippen molar-refractivity contribution in [1.29, 1.82) is 5.26 Å². The van der Waals surface area contributed by atoms with E-state index >= 15 is 0 Å². The summed E-state index contributed by atoms with van der Waals surface area (Å²) < 4.78 is 79.5. The average molecular weight is 590 g/mol. The molecule has 0 radical (unpaired) electrons. The van der Waals surface area contributed by atoms with Gasteiger partial charge in [-0.2, -0.15) is 31.6 Å². The van der Waals surface area contributed by atoms with Gasteiger partial charge in [0, 0.05) is 11.4 Å². The second kappa shape index (κ2) is 10.4. The number of carbonyl (C=O) groups is 3. The molecule has 1 aliphatic heterocycles. The van der Waals surface area contributed by atoms with Crippen molar-refractivity contribution in [3.63, 3.8) is 0 Å². The van der Waals surface area contributed by atoms with Gasteiger partial charge in [-0.1, -0.05) is 0 Å². The van der Waals surface area contributed by atoms with Gasteiger partial charge in [0.1, 0.15) is 5.54 Å². The number of alkyl halides is 6. The van der Waals surface area contributed by atoms with Gasteiger partial charge >= 0.3 is 24.4 Å². The molecule has 0 aromatic heterocycles. The molecule has 3 amide bonds. The molecule has 1 heterocycles. The predicted molar refractivity (Wildman–Crippen MR) is 137 cm³/mol. The Balaban J connectivity index is 1.72. The fraction of sp³-hybridized carbons (Fsp3) is 0.214. The molecule has 8 nitrogen and oxygen atoms in total. The van der Waals surface area contributed by atoms with Gasteiger partial charge in [-0.15, -0.1) is 0 Å². The molecule has 0 saturated carbocycles. The lowest BCUT2D eigenvalue weighted by Crippen LogP contribution is -2.43. The van der Waals surface area contributed by atoms with Gasteiger partial charge in [0.05, 0.1) is 40.6 Å². The molecule has 1 saturated heterocycles. The number of halogens is 6. The third-order valence-electron chi connectivity index (χ3n) is 6.68. The van der Waals surface area contributed by atoms with Crippen molar-refractivity contribution in [2.45, 2.75) is 38.3 Å². The van der Waals surface area contributed by atoms with E-state index in [1.807, 2.05) is 0 Å². The average Bonchev–Trinajstić information content (AvgIpc) is 3.07. The number of nitriles is 1. The van der Waals surface area contributed by atoms with E-state index in [9.17, 15) is 45.8 Å². The Labute approximate surface area is 234 Å². The minimum Gasteiger partial charge on any atom is -0.478 e. The highest BCUT2D eigenvalue weighted by molar-refractivity contribution is 6.23. The number of rotatable bonds is 6. The summed E-state index contributed by atoms with van der Waals surface area (Å²) in [4.78, 5) is 40.1. The Hall–Kier alpha value is -5.06. The normalized spacial score (nSPS) is 15.1. The number of urea groups is 1. The molecule has 0 atom stereocenters. The number of aromatic carboxylic acids is 1. The van der Waals surface area contributed by atoms with Crippen molar-refractivity contribution in [3.05, 3.63) is 88.5 Å². The van der Waals surface area contributed by atoms with Crippen LogP contribution in [-0.2, 0) is 23.7 Å². The van der Waals surface area contributed by atoms with Gasteiger partial charge in [-0.25, -0.2) is 14.5 Å². The molecule has 2 N–H and O–H groups in total. The number of carboxylic acids is 1. The fourth-order valence-electron chi connectivity index (χ4n) is 4.38. The van der Waals surface area contributed by atoms with E-state index in [-0.39, 0.29) is 22.5 Å². The summed E-state index contributed by atoms with van der Waals surface area (Å²) in [5.41, 5.74) is -4.61. The van der Waals surface area contributed by atoms with Crippen LogP contribution in [0, 0.1) is 11.3 Å². The fourth-order valence-corrected chi connectivity index (χ4v) is 4.38. The number of nitrogens with one attached hydrogen (secondary N) is 1. The number of hydrogen-bond acceptors (Lipinski definition) is 5. The van der Waals surface area contributed by atoms with Crippen LogP contribution in [0.4, 0.5) is 48.2 Å². The Morgan fingerprint density at radius 3 is 2.14 bits per heavy atom. The predicted octanol–water partition coefficient (Wildman–Crippen LogP) is 6.79. The first-order valence-corrected chi connectivity index (χ1v) is 12.0. The first kappa shape index (κ1) is 29.9. The maximum absolute atomic E-state index is 13.6. The van der Waals surface area contributed by atoms with Crippen molar-refractivity contribution in [1.82, 2.24) is 4.90 Å². The van der Waals surface area contributed by atoms with E-state index < -0.39 is 64.7 Å². The molecule has 14 heteroatoms. The second-order valence-electron chi connectivity index (χ2n) is 9.78. The first-order valence-electron chi connectivity index (χ1n) is 12.0. The molecule has 3 aromatic rings. The zero-order valence-electron chi connectivity index (χ0n) is 21.8. The number of amides is 3. The number of imide groups is 1. The minimum atomic E-state index is -4.95. The second-order valence-corrected chi connectivity index (χ2v) is 9.78. The Morgan fingerprint density at radius 1 is 0.952 bits per heavy atom. The van der Waals surface area contributed by atoms with Crippen LogP contribution in [0.5, 0.6) is 0 Å². The molecule has 0 aliphatic carbocycles. The highest BCUT2D eigenvalue weighted by Crippen LogP contribution is 2.39. The zero-order valence-corrected chi connectivity index (χ0v) is 21.8. The number of nitrogens with zero attached hydrogens (tertiary/aromatic N) is 3. The summed E-state index contributed by atoms with van der Waals surface area (Å²) in [5, 5.41) is 21.4. The zero-order chi connectivity index (χ0) is 31.2. The van der Waals surface area contributed by atoms with E-state index in [4.69, 9.17) is 5.26 Å². The summed E-state index contributed by atoms with van der Waals surface area (Å²) in [5.74, 6) is -2.20. The van der Waals surface area contributed by atoms with Crippen LogP contribution in [0.2, 0.25) is 0 Å². The van der Waals surface area contributed by atoms with E-state index in [1.165, 1.54) is 38.1 Å². The van der Waals surface area contributed by atoms with Gasteiger partial charge in [-0.3, -0.25) is 4.79 Å². The van der Waals surface area contributed by atoms with Crippen molar-refractivity contribution >= 4 is 35.0 Å². The van der Waals surface area contributed by atoms with Crippen LogP contribution in [0.15, 0.2) is 60.7 Å². The van der Waals surface area contributed by atoms with Crippen molar-refractivity contribution in [3.8, 4) is 6.07 Å². The topological polar surface area (TPSA) is 114 Å². The lowest BCUT2D eigenvalue weighted by atomic mass is 10.0. The largest absolute Gasteiger partial charge is 0.478 e. The van der Waals surface area contributed by atoms with Crippen LogP contribution in [0.1, 0.15) is 46.5 Å². The summed E-state index contributed by atoms with van der Waals surface area (Å²) in [6.07, 6.45) is -9.51. The standard InChI is InChI=1S/C28H20F6N4O4/c1-26(2)24(41)38(20-9-3-16(13-35)21(12-20)28(32,33)34)25(42)37(26)14-17-11-15(23(39)40)4-10-22(17)36-19-7-5-18(6-8-19)27(29,30)31/h3-12,36H,14H2,1-2H3,(H,39,40). The van der Waals surface area contributed by atoms with Gasteiger partial charge in [0.15, 0.2) is 0 Å². The quantitative estimate of drug-likeness (QED) is 0.242. The van der Waals surface area contributed by atoms with E-state index in [0.717, 1.165) is 41.3 Å².